The second-order valence-electron chi connectivity index (χ2n) is 6.95. The highest BCUT2D eigenvalue weighted by molar-refractivity contribution is 7.99. The average Bonchev–Trinajstić information content (AvgIpc) is 2.76. The van der Waals surface area contributed by atoms with E-state index in [-0.39, 0.29) is 34.4 Å². The summed E-state index contributed by atoms with van der Waals surface area (Å²) in [5.74, 6) is -0.629. The van der Waals surface area contributed by atoms with Crippen LogP contribution >= 0.6 is 23.4 Å². The van der Waals surface area contributed by atoms with Crippen LogP contribution in [0.25, 0.3) is 10.9 Å². The molecule has 0 bridgehead atoms. The zero-order chi connectivity index (χ0) is 22.4. The van der Waals surface area contributed by atoms with E-state index in [1.54, 1.807) is 43.0 Å². The summed E-state index contributed by atoms with van der Waals surface area (Å²) in [6.45, 7) is 0.993. The lowest BCUT2D eigenvalue weighted by atomic mass is 10.2. The molecule has 0 spiro atoms. The SMILES string of the molecule is COCCCn1c(SCC(=O)N(C)Cc2c(F)cccc2Cl)nc2ccccc2c1=O. The second-order valence-corrected chi connectivity index (χ2v) is 8.30. The molecular formula is C22H23ClFN3O3S. The number of para-hydroxylation sites is 1. The lowest BCUT2D eigenvalue weighted by Crippen LogP contribution is -2.29. The van der Waals surface area contributed by atoms with Crippen molar-refractivity contribution in [2.45, 2.75) is 24.7 Å². The minimum Gasteiger partial charge on any atom is -0.385 e. The lowest BCUT2D eigenvalue weighted by Gasteiger charge is -2.19. The van der Waals surface area contributed by atoms with Crippen molar-refractivity contribution < 1.29 is 13.9 Å². The summed E-state index contributed by atoms with van der Waals surface area (Å²) in [6, 6.07) is 11.5. The van der Waals surface area contributed by atoms with Crippen LogP contribution in [-0.4, -0.2) is 46.9 Å². The molecule has 1 aromatic heterocycles. The smallest absolute Gasteiger partial charge is 0.262 e. The Balaban J connectivity index is 1.78. The first-order valence-corrected chi connectivity index (χ1v) is 11.1. The van der Waals surface area contributed by atoms with Crippen LogP contribution in [0, 0.1) is 5.82 Å². The van der Waals surface area contributed by atoms with Crippen molar-refractivity contribution in [3.63, 3.8) is 0 Å². The van der Waals surface area contributed by atoms with Gasteiger partial charge >= 0.3 is 0 Å². The maximum atomic E-state index is 14.0. The maximum absolute atomic E-state index is 14.0. The third-order valence-corrected chi connectivity index (χ3v) is 6.08. The molecule has 31 heavy (non-hydrogen) atoms. The van der Waals surface area contributed by atoms with Gasteiger partial charge in [0.1, 0.15) is 5.82 Å². The largest absolute Gasteiger partial charge is 0.385 e. The molecule has 3 rings (SSSR count). The topological polar surface area (TPSA) is 64.4 Å². The number of rotatable bonds is 9. The van der Waals surface area contributed by atoms with Crippen molar-refractivity contribution in [3.8, 4) is 0 Å². The molecule has 6 nitrogen and oxygen atoms in total. The van der Waals surface area contributed by atoms with Gasteiger partial charge in [-0.05, 0) is 30.7 Å². The molecule has 0 aliphatic heterocycles. The number of carbonyl (C=O) groups excluding carboxylic acids is 1. The van der Waals surface area contributed by atoms with Crippen LogP contribution < -0.4 is 5.56 Å². The Bertz CT molecular complexity index is 1120. The highest BCUT2D eigenvalue weighted by Gasteiger charge is 2.17. The third-order valence-electron chi connectivity index (χ3n) is 4.76. The molecule has 2 aromatic carbocycles. The van der Waals surface area contributed by atoms with Gasteiger partial charge in [0.15, 0.2) is 5.16 Å². The number of benzene rings is 2. The number of ether oxygens (including phenoxy) is 1. The molecule has 1 amide bonds. The molecule has 164 valence electrons. The van der Waals surface area contributed by atoms with Crippen molar-refractivity contribution in [2.75, 3.05) is 26.5 Å². The fraction of sp³-hybridized carbons (Fsp3) is 0.318. The molecule has 0 fully saturated rings. The molecule has 0 aliphatic carbocycles. The zero-order valence-electron chi connectivity index (χ0n) is 17.3. The van der Waals surface area contributed by atoms with Crippen LogP contribution in [0.15, 0.2) is 52.4 Å². The Morgan fingerprint density at radius 1 is 1.26 bits per heavy atom. The van der Waals surface area contributed by atoms with Gasteiger partial charge in [-0.1, -0.05) is 41.6 Å². The van der Waals surface area contributed by atoms with Gasteiger partial charge in [0.05, 0.1) is 16.7 Å². The number of fused-ring (bicyclic) bond motifs is 1. The summed E-state index contributed by atoms with van der Waals surface area (Å²) in [5.41, 5.74) is 0.699. The van der Waals surface area contributed by atoms with E-state index in [0.717, 1.165) is 0 Å². The molecule has 9 heteroatoms. The summed E-state index contributed by atoms with van der Waals surface area (Å²) in [4.78, 5) is 31.6. The molecular weight excluding hydrogens is 441 g/mol. The minimum absolute atomic E-state index is 0.0523. The molecule has 1 heterocycles. The fourth-order valence-electron chi connectivity index (χ4n) is 3.07. The number of thioether (sulfide) groups is 1. The van der Waals surface area contributed by atoms with E-state index >= 15 is 0 Å². The first-order valence-electron chi connectivity index (χ1n) is 9.70. The lowest BCUT2D eigenvalue weighted by molar-refractivity contribution is -0.127. The number of hydrogen-bond acceptors (Lipinski definition) is 5. The highest BCUT2D eigenvalue weighted by atomic mass is 35.5. The van der Waals surface area contributed by atoms with Crippen molar-refractivity contribution in [3.05, 3.63) is 69.2 Å². The molecule has 0 radical (unpaired) electrons. The summed E-state index contributed by atoms with van der Waals surface area (Å²) in [5, 5.41) is 1.27. The summed E-state index contributed by atoms with van der Waals surface area (Å²) in [6.07, 6.45) is 0.642. The summed E-state index contributed by atoms with van der Waals surface area (Å²) >= 11 is 7.25. The zero-order valence-corrected chi connectivity index (χ0v) is 18.9. The van der Waals surface area contributed by atoms with E-state index in [1.165, 1.54) is 28.8 Å². The van der Waals surface area contributed by atoms with Gasteiger partial charge in [-0.15, -0.1) is 0 Å². The Labute approximate surface area is 189 Å². The van der Waals surface area contributed by atoms with Crippen molar-refractivity contribution in [1.29, 1.82) is 0 Å². The first-order chi connectivity index (χ1) is 14.9. The van der Waals surface area contributed by atoms with Gasteiger partial charge in [-0.25, -0.2) is 9.37 Å². The second kappa shape index (κ2) is 10.7. The third kappa shape index (κ3) is 5.64. The van der Waals surface area contributed by atoms with Crippen molar-refractivity contribution in [1.82, 2.24) is 14.5 Å². The van der Waals surface area contributed by atoms with Gasteiger partial charge in [0.2, 0.25) is 5.91 Å². The molecule has 0 unspecified atom stereocenters. The molecule has 0 atom stereocenters. The van der Waals surface area contributed by atoms with E-state index in [4.69, 9.17) is 16.3 Å². The number of methoxy groups -OCH3 is 1. The number of amides is 1. The summed E-state index contributed by atoms with van der Waals surface area (Å²) in [7, 11) is 3.19. The molecule has 0 saturated carbocycles. The molecule has 0 N–H and O–H groups in total. The highest BCUT2D eigenvalue weighted by Crippen LogP contribution is 2.22. The van der Waals surface area contributed by atoms with E-state index in [0.29, 0.717) is 35.6 Å². The Hall–Kier alpha value is -2.42. The van der Waals surface area contributed by atoms with E-state index in [1.807, 2.05) is 6.07 Å². The number of hydrogen-bond donors (Lipinski definition) is 0. The Morgan fingerprint density at radius 3 is 2.77 bits per heavy atom. The molecule has 0 saturated heterocycles. The number of aromatic nitrogens is 2. The van der Waals surface area contributed by atoms with Crippen LogP contribution in [0.3, 0.4) is 0 Å². The number of carbonyl (C=O) groups is 1. The van der Waals surface area contributed by atoms with Gasteiger partial charge < -0.3 is 9.64 Å². The van der Waals surface area contributed by atoms with Gasteiger partial charge in [-0.2, -0.15) is 0 Å². The van der Waals surface area contributed by atoms with E-state index < -0.39 is 5.82 Å². The van der Waals surface area contributed by atoms with Gasteiger partial charge in [0.25, 0.3) is 5.56 Å². The summed E-state index contributed by atoms with van der Waals surface area (Å²) < 4.78 is 20.7. The van der Waals surface area contributed by atoms with Crippen LogP contribution in [0.1, 0.15) is 12.0 Å². The van der Waals surface area contributed by atoms with Gasteiger partial charge in [-0.3, -0.25) is 14.2 Å². The van der Waals surface area contributed by atoms with E-state index in [9.17, 15) is 14.0 Å². The van der Waals surface area contributed by atoms with Crippen molar-refractivity contribution in [2.24, 2.45) is 0 Å². The van der Waals surface area contributed by atoms with Crippen LogP contribution in [0.2, 0.25) is 5.02 Å². The quantitative estimate of drug-likeness (QED) is 0.273. The number of nitrogens with zero attached hydrogens (tertiary/aromatic N) is 3. The Morgan fingerprint density at radius 2 is 2.03 bits per heavy atom. The molecule has 3 aromatic rings. The maximum Gasteiger partial charge on any atom is 0.262 e. The van der Waals surface area contributed by atoms with E-state index in [2.05, 4.69) is 4.98 Å². The van der Waals surface area contributed by atoms with Crippen LogP contribution in [-0.2, 0) is 22.6 Å². The monoisotopic (exact) mass is 463 g/mol. The predicted molar refractivity (Wildman–Crippen MR) is 121 cm³/mol. The molecule has 0 aliphatic rings. The van der Waals surface area contributed by atoms with Crippen LogP contribution in [0.4, 0.5) is 4.39 Å². The number of halogens is 2. The standard InChI is InChI=1S/C22H23ClFN3O3S/c1-26(13-16-17(23)8-5-9-18(16)24)20(28)14-31-22-25-19-10-4-3-7-15(19)21(29)27(22)11-6-12-30-2/h3-5,7-10H,6,11-14H2,1-2H3. The fourth-order valence-corrected chi connectivity index (χ4v) is 4.26. The predicted octanol–water partition coefficient (Wildman–Crippen LogP) is 3.98. The van der Waals surface area contributed by atoms with Crippen LogP contribution in [0.5, 0.6) is 0 Å². The average molecular weight is 464 g/mol. The Kier molecular flexibility index (Phi) is 8.06. The minimum atomic E-state index is -0.456. The van der Waals surface area contributed by atoms with Gasteiger partial charge in [0, 0.05) is 44.4 Å². The normalized spacial score (nSPS) is 11.1. The first kappa shape index (κ1) is 23.2. The van der Waals surface area contributed by atoms with Crippen molar-refractivity contribution >= 4 is 40.2 Å².